The molecule has 0 unspecified atom stereocenters. The summed E-state index contributed by atoms with van der Waals surface area (Å²) in [5.74, 6) is -1.03. The summed E-state index contributed by atoms with van der Waals surface area (Å²) in [6.45, 7) is -0.230. The third kappa shape index (κ3) is 6.00. The van der Waals surface area contributed by atoms with Gasteiger partial charge in [-0.05, 0) is 54.7 Å². The molecule has 130 valence electrons. The number of thiocarbonyl (C=S) groups is 1. The van der Waals surface area contributed by atoms with Crippen LogP contribution in [0.1, 0.15) is 10.4 Å². The summed E-state index contributed by atoms with van der Waals surface area (Å²) in [4.78, 5) is 22.8. The van der Waals surface area contributed by atoms with Crippen molar-refractivity contribution < 1.29 is 19.4 Å². The minimum Gasteiger partial charge on any atom is -0.484 e. The van der Waals surface area contributed by atoms with Crippen LogP contribution in [0.5, 0.6) is 5.75 Å². The zero-order valence-electron chi connectivity index (χ0n) is 12.6. The minimum absolute atomic E-state index is 0.0196. The summed E-state index contributed by atoms with van der Waals surface area (Å²) >= 11 is 14.3. The first-order valence-corrected chi connectivity index (χ1v) is 8.45. The van der Waals surface area contributed by atoms with Gasteiger partial charge in [0, 0.05) is 4.47 Å². The molecule has 2 aromatic carbocycles. The van der Waals surface area contributed by atoms with Crippen LogP contribution in [-0.2, 0) is 4.79 Å². The predicted octanol–water partition coefficient (Wildman–Crippen LogP) is 3.69. The minimum atomic E-state index is -1.10. The van der Waals surface area contributed by atoms with Crippen LogP contribution >= 0.6 is 39.7 Å². The maximum atomic E-state index is 11.8. The van der Waals surface area contributed by atoms with Gasteiger partial charge >= 0.3 is 5.97 Å². The first kappa shape index (κ1) is 19.2. The molecule has 0 aliphatic rings. The zero-order chi connectivity index (χ0) is 18.4. The van der Waals surface area contributed by atoms with E-state index >= 15 is 0 Å². The molecule has 0 fully saturated rings. The molecule has 0 spiro atoms. The Morgan fingerprint density at radius 1 is 1.20 bits per heavy atom. The molecule has 0 atom stereocenters. The number of carboxylic acid groups (broad SMARTS) is 1. The Kier molecular flexibility index (Phi) is 6.74. The number of hydrogen-bond donors (Lipinski definition) is 3. The van der Waals surface area contributed by atoms with Gasteiger partial charge in [-0.3, -0.25) is 10.1 Å². The molecule has 0 bridgehead atoms. The van der Waals surface area contributed by atoms with Gasteiger partial charge in [0.1, 0.15) is 5.75 Å². The lowest BCUT2D eigenvalue weighted by atomic mass is 10.2. The highest BCUT2D eigenvalue weighted by atomic mass is 79.9. The van der Waals surface area contributed by atoms with Crippen molar-refractivity contribution in [2.45, 2.75) is 0 Å². The van der Waals surface area contributed by atoms with Crippen molar-refractivity contribution in [1.82, 2.24) is 5.32 Å². The molecule has 9 heteroatoms. The van der Waals surface area contributed by atoms with Crippen LogP contribution in [0.15, 0.2) is 46.9 Å². The van der Waals surface area contributed by atoms with Gasteiger partial charge in [-0.2, -0.15) is 0 Å². The SMILES string of the molecule is O=C(COc1ccc(Br)cc1)NC(=S)Nc1cc(C(=O)O)ccc1Cl. The van der Waals surface area contributed by atoms with E-state index in [4.69, 9.17) is 33.7 Å². The van der Waals surface area contributed by atoms with Gasteiger partial charge in [0.05, 0.1) is 16.3 Å². The average Bonchev–Trinajstić information content (AvgIpc) is 2.56. The Morgan fingerprint density at radius 3 is 2.52 bits per heavy atom. The van der Waals surface area contributed by atoms with E-state index in [9.17, 15) is 9.59 Å². The van der Waals surface area contributed by atoms with Crippen LogP contribution in [0.25, 0.3) is 0 Å². The number of benzene rings is 2. The molecule has 0 aliphatic carbocycles. The molecule has 3 N–H and O–H groups in total. The van der Waals surface area contributed by atoms with Gasteiger partial charge in [-0.15, -0.1) is 0 Å². The number of anilines is 1. The second-order valence-corrected chi connectivity index (χ2v) is 6.48. The normalized spacial score (nSPS) is 10.0. The second kappa shape index (κ2) is 8.80. The van der Waals surface area contributed by atoms with E-state index in [0.29, 0.717) is 5.75 Å². The Hall–Kier alpha value is -2.16. The molecule has 2 rings (SSSR count). The summed E-state index contributed by atoms with van der Waals surface area (Å²) in [6.07, 6.45) is 0. The quantitative estimate of drug-likeness (QED) is 0.611. The summed E-state index contributed by atoms with van der Waals surface area (Å²) in [6, 6.07) is 11.1. The van der Waals surface area contributed by atoms with E-state index in [1.54, 1.807) is 24.3 Å². The van der Waals surface area contributed by atoms with Gasteiger partial charge in [-0.1, -0.05) is 27.5 Å². The average molecular weight is 444 g/mol. The molecule has 6 nitrogen and oxygen atoms in total. The van der Waals surface area contributed by atoms with Crippen LogP contribution in [0.2, 0.25) is 5.02 Å². The summed E-state index contributed by atoms with van der Waals surface area (Å²) in [5.41, 5.74) is 0.320. The Balaban J connectivity index is 1.89. The van der Waals surface area contributed by atoms with Crippen molar-refractivity contribution in [1.29, 1.82) is 0 Å². The van der Waals surface area contributed by atoms with Crippen molar-refractivity contribution >= 4 is 62.4 Å². The third-order valence-corrected chi connectivity index (χ3v) is 3.96. The summed E-state index contributed by atoms with van der Waals surface area (Å²) in [5, 5.41) is 14.3. The van der Waals surface area contributed by atoms with Gasteiger partial charge in [0.25, 0.3) is 5.91 Å². The van der Waals surface area contributed by atoms with Crippen molar-refractivity contribution in [3.63, 3.8) is 0 Å². The lowest BCUT2D eigenvalue weighted by Gasteiger charge is -2.12. The van der Waals surface area contributed by atoms with Gasteiger partial charge in [0.15, 0.2) is 11.7 Å². The maximum absolute atomic E-state index is 11.8. The number of hydrogen-bond acceptors (Lipinski definition) is 4. The van der Waals surface area contributed by atoms with Crippen LogP contribution in [0.3, 0.4) is 0 Å². The van der Waals surface area contributed by atoms with E-state index < -0.39 is 11.9 Å². The topological polar surface area (TPSA) is 87.7 Å². The van der Waals surface area contributed by atoms with Gasteiger partial charge in [-0.25, -0.2) is 4.79 Å². The fourth-order valence-corrected chi connectivity index (χ4v) is 2.40. The highest BCUT2D eigenvalue weighted by Crippen LogP contribution is 2.23. The van der Waals surface area contributed by atoms with Crippen LogP contribution < -0.4 is 15.4 Å². The Labute approximate surface area is 162 Å². The molecular formula is C16H12BrClN2O4S. The van der Waals surface area contributed by atoms with Crippen LogP contribution in [0.4, 0.5) is 5.69 Å². The lowest BCUT2D eigenvalue weighted by Crippen LogP contribution is -2.37. The number of halogens is 2. The number of amides is 1. The summed E-state index contributed by atoms with van der Waals surface area (Å²) < 4.78 is 6.22. The third-order valence-electron chi connectivity index (χ3n) is 2.90. The zero-order valence-corrected chi connectivity index (χ0v) is 15.7. The number of aromatic carboxylic acids is 1. The van der Waals surface area contributed by atoms with E-state index in [1.165, 1.54) is 18.2 Å². The van der Waals surface area contributed by atoms with E-state index in [1.807, 2.05) is 0 Å². The number of carbonyl (C=O) groups is 2. The molecule has 1 amide bonds. The van der Waals surface area contributed by atoms with Gasteiger partial charge < -0.3 is 15.2 Å². The number of rotatable bonds is 5. The molecule has 0 saturated heterocycles. The van der Waals surface area contributed by atoms with Crippen molar-refractivity contribution in [2.24, 2.45) is 0 Å². The molecular weight excluding hydrogens is 432 g/mol. The standard InChI is InChI=1S/C16H12BrClN2O4S/c17-10-2-4-11(5-3-10)24-8-14(21)20-16(25)19-13-7-9(15(22)23)1-6-12(13)18/h1-7H,8H2,(H,22,23)(H2,19,20,21,25). The van der Waals surface area contributed by atoms with Crippen LogP contribution in [-0.4, -0.2) is 28.7 Å². The smallest absolute Gasteiger partial charge is 0.335 e. The first-order valence-electron chi connectivity index (χ1n) is 6.87. The number of ether oxygens (including phenoxy) is 1. The highest BCUT2D eigenvalue weighted by molar-refractivity contribution is 9.10. The fourth-order valence-electron chi connectivity index (χ4n) is 1.75. The van der Waals surface area contributed by atoms with Crippen molar-refractivity contribution in [2.75, 3.05) is 11.9 Å². The summed E-state index contributed by atoms with van der Waals surface area (Å²) in [7, 11) is 0. The van der Waals surface area contributed by atoms with E-state index in [2.05, 4.69) is 26.6 Å². The first-order chi connectivity index (χ1) is 11.8. The Bertz CT molecular complexity index is 814. The molecule has 25 heavy (non-hydrogen) atoms. The van der Waals surface area contributed by atoms with Gasteiger partial charge in [0.2, 0.25) is 0 Å². The van der Waals surface area contributed by atoms with Crippen molar-refractivity contribution in [3.05, 3.63) is 57.5 Å². The largest absolute Gasteiger partial charge is 0.484 e. The molecule has 2 aromatic rings. The monoisotopic (exact) mass is 442 g/mol. The molecule has 0 saturated carbocycles. The second-order valence-electron chi connectivity index (χ2n) is 4.74. The molecule has 0 radical (unpaired) electrons. The molecule has 0 heterocycles. The predicted molar refractivity (Wildman–Crippen MR) is 102 cm³/mol. The Morgan fingerprint density at radius 2 is 1.88 bits per heavy atom. The highest BCUT2D eigenvalue weighted by Gasteiger charge is 2.10. The van der Waals surface area contributed by atoms with Crippen LogP contribution in [0, 0.1) is 0 Å². The number of carbonyl (C=O) groups excluding carboxylic acids is 1. The van der Waals surface area contributed by atoms with Crippen molar-refractivity contribution in [3.8, 4) is 5.75 Å². The fraction of sp³-hybridized carbons (Fsp3) is 0.0625. The lowest BCUT2D eigenvalue weighted by molar-refractivity contribution is -0.121. The maximum Gasteiger partial charge on any atom is 0.335 e. The number of carboxylic acids is 1. The van der Waals surface area contributed by atoms with E-state index in [0.717, 1.165) is 4.47 Å². The molecule has 0 aromatic heterocycles. The number of nitrogens with one attached hydrogen (secondary N) is 2. The molecule has 0 aliphatic heterocycles. The van der Waals surface area contributed by atoms with E-state index in [-0.39, 0.29) is 28.0 Å².